The predicted octanol–water partition coefficient (Wildman–Crippen LogP) is 3.54. The Kier molecular flexibility index (Phi) is 4.58. The lowest BCUT2D eigenvalue weighted by molar-refractivity contribution is -0.388. The van der Waals surface area contributed by atoms with Gasteiger partial charge in [0, 0.05) is 18.0 Å². The van der Waals surface area contributed by atoms with Crippen LogP contribution in [0.15, 0.2) is 75.8 Å². The molecule has 28 heavy (non-hydrogen) atoms. The van der Waals surface area contributed by atoms with Crippen LogP contribution in [0.3, 0.4) is 0 Å². The van der Waals surface area contributed by atoms with Crippen LogP contribution in [-0.2, 0) is 0 Å². The van der Waals surface area contributed by atoms with Crippen LogP contribution in [-0.4, -0.2) is 24.4 Å². The van der Waals surface area contributed by atoms with E-state index in [-0.39, 0.29) is 21.4 Å². The van der Waals surface area contributed by atoms with Crippen molar-refractivity contribution in [1.29, 1.82) is 0 Å². The third-order valence-corrected chi connectivity index (χ3v) is 4.95. The maximum atomic E-state index is 13.2. The Hall–Kier alpha value is -3.59. The number of nitrogens with zero attached hydrogens (tertiary/aromatic N) is 5. The van der Waals surface area contributed by atoms with Crippen molar-refractivity contribution < 1.29 is 4.92 Å². The van der Waals surface area contributed by atoms with Crippen molar-refractivity contribution in [1.82, 2.24) is 19.5 Å². The quantitative estimate of drug-likeness (QED) is 0.298. The summed E-state index contributed by atoms with van der Waals surface area (Å²) >= 11 is 0.958. The molecule has 4 rings (SSSR count). The van der Waals surface area contributed by atoms with Crippen LogP contribution in [0.1, 0.15) is 5.69 Å². The highest BCUT2D eigenvalue weighted by molar-refractivity contribution is 7.99. The SMILES string of the molecule is Cc1cccc(-n2c(Sc3ncccc3[N+](=O)[O-])nc3ccccc3c2=O)n1. The minimum atomic E-state index is -0.510. The van der Waals surface area contributed by atoms with Gasteiger partial charge in [-0.2, -0.15) is 0 Å². The van der Waals surface area contributed by atoms with Crippen molar-refractivity contribution in [3.63, 3.8) is 0 Å². The third kappa shape index (κ3) is 3.23. The van der Waals surface area contributed by atoms with E-state index in [2.05, 4.69) is 15.0 Å². The van der Waals surface area contributed by atoms with Crippen LogP contribution in [0, 0.1) is 17.0 Å². The van der Waals surface area contributed by atoms with Crippen molar-refractivity contribution in [3.8, 4) is 5.82 Å². The van der Waals surface area contributed by atoms with Crippen LogP contribution < -0.4 is 5.56 Å². The topological polar surface area (TPSA) is 104 Å². The van der Waals surface area contributed by atoms with E-state index in [1.54, 1.807) is 36.4 Å². The Morgan fingerprint density at radius 2 is 1.86 bits per heavy atom. The standard InChI is InChI=1S/C19H13N5O3S/c1-12-6-4-10-16(21-12)23-18(25)13-7-2-3-8-14(13)22-19(23)28-17-15(24(26)27)9-5-11-20-17/h2-11H,1H3. The number of hydrogen-bond acceptors (Lipinski definition) is 7. The van der Waals surface area contributed by atoms with Crippen LogP contribution in [0.4, 0.5) is 5.69 Å². The molecule has 0 amide bonds. The molecule has 0 bridgehead atoms. The first-order chi connectivity index (χ1) is 13.5. The number of nitro groups is 1. The van der Waals surface area contributed by atoms with Gasteiger partial charge in [0.1, 0.15) is 5.82 Å². The van der Waals surface area contributed by atoms with E-state index in [9.17, 15) is 14.9 Å². The van der Waals surface area contributed by atoms with E-state index >= 15 is 0 Å². The van der Waals surface area contributed by atoms with Gasteiger partial charge in [-0.1, -0.05) is 18.2 Å². The zero-order chi connectivity index (χ0) is 19.7. The molecule has 4 aromatic rings. The van der Waals surface area contributed by atoms with E-state index in [0.29, 0.717) is 16.7 Å². The molecule has 8 nitrogen and oxygen atoms in total. The summed E-state index contributed by atoms with van der Waals surface area (Å²) < 4.78 is 1.36. The van der Waals surface area contributed by atoms with E-state index < -0.39 is 4.92 Å². The molecular weight excluding hydrogens is 378 g/mol. The zero-order valence-electron chi connectivity index (χ0n) is 14.6. The summed E-state index contributed by atoms with van der Waals surface area (Å²) in [6, 6.07) is 15.1. The molecule has 0 spiro atoms. The second kappa shape index (κ2) is 7.20. The van der Waals surface area contributed by atoms with Gasteiger partial charge in [0.15, 0.2) is 10.2 Å². The predicted molar refractivity (Wildman–Crippen MR) is 105 cm³/mol. The highest BCUT2D eigenvalue weighted by Crippen LogP contribution is 2.32. The van der Waals surface area contributed by atoms with Crippen molar-refractivity contribution in [2.45, 2.75) is 17.1 Å². The first-order valence-electron chi connectivity index (χ1n) is 8.27. The number of rotatable bonds is 4. The number of hydrogen-bond donors (Lipinski definition) is 0. The van der Waals surface area contributed by atoms with Crippen molar-refractivity contribution in [2.24, 2.45) is 0 Å². The van der Waals surface area contributed by atoms with Crippen molar-refractivity contribution in [3.05, 3.63) is 87.0 Å². The normalized spacial score (nSPS) is 10.9. The zero-order valence-corrected chi connectivity index (χ0v) is 15.5. The fourth-order valence-electron chi connectivity index (χ4n) is 2.72. The highest BCUT2D eigenvalue weighted by atomic mass is 32.2. The number of aromatic nitrogens is 4. The molecule has 138 valence electrons. The molecule has 3 aromatic heterocycles. The van der Waals surface area contributed by atoms with E-state index in [4.69, 9.17) is 0 Å². The molecule has 0 radical (unpaired) electrons. The monoisotopic (exact) mass is 391 g/mol. The van der Waals surface area contributed by atoms with Gasteiger partial charge in [-0.15, -0.1) is 0 Å². The first kappa shape index (κ1) is 17.8. The Bertz CT molecular complexity index is 1270. The van der Waals surface area contributed by atoms with Gasteiger partial charge in [-0.25, -0.2) is 19.5 Å². The molecule has 0 aliphatic rings. The Morgan fingerprint density at radius 1 is 1.04 bits per heavy atom. The summed E-state index contributed by atoms with van der Waals surface area (Å²) in [5.74, 6) is 0.393. The lowest BCUT2D eigenvalue weighted by atomic mass is 10.2. The van der Waals surface area contributed by atoms with Crippen LogP contribution in [0.5, 0.6) is 0 Å². The number of fused-ring (bicyclic) bond motifs is 1. The fourth-order valence-corrected chi connectivity index (χ4v) is 3.67. The minimum Gasteiger partial charge on any atom is -0.268 e. The Labute approximate surface area is 163 Å². The third-order valence-electron chi connectivity index (χ3n) is 3.98. The highest BCUT2D eigenvalue weighted by Gasteiger charge is 2.21. The molecule has 0 fully saturated rings. The Morgan fingerprint density at radius 3 is 2.64 bits per heavy atom. The molecule has 0 unspecified atom stereocenters. The molecule has 0 saturated carbocycles. The van der Waals surface area contributed by atoms with Gasteiger partial charge in [0.05, 0.1) is 15.8 Å². The smallest absolute Gasteiger partial charge is 0.268 e. The summed E-state index contributed by atoms with van der Waals surface area (Å²) in [4.78, 5) is 37.1. The van der Waals surface area contributed by atoms with Gasteiger partial charge >= 0.3 is 5.69 Å². The van der Waals surface area contributed by atoms with Crippen molar-refractivity contribution in [2.75, 3.05) is 0 Å². The second-order valence-electron chi connectivity index (χ2n) is 5.88. The van der Waals surface area contributed by atoms with Crippen molar-refractivity contribution >= 4 is 28.4 Å². The summed E-state index contributed by atoms with van der Waals surface area (Å²) in [5.41, 5.74) is 0.776. The van der Waals surface area contributed by atoms with E-state index in [1.165, 1.54) is 22.9 Å². The number of benzene rings is 1. The lowest BCUT2D eigenvalue weighted by Gasteiger charge is -2.12. The summed E-state index contributed by atoms with van der Waals surface area (Å²) in [7, 11) is 0. The Balaban J connectivity index is 1.99. The summed E-state index contributed by atoms with van der Waals surface area (Å²) in [5, 5.41) is 12.2. The number of aryl methyl sites for hydroxylation is 1. The molecule has 3 heterocycles. The average molecular weight is 391 g/mol. The maximum Gasteiger partial charge on any atom is 0.301 e. The van der Waals surface area contributed by atoms with E-state index in [0.717, 1.165) is 17.5 Å². The van der Waals surface area contributed by atoms with Crippen LogP contribution in [0.2, 0.25) is 0 Å². The molecule has 0 atom stereocenters. The van der Waals surface area contributed by atoms with Gasteiger partial charge in [-0.05, 0) is 49.0 Å². The van der Waals surface area contributed by atoms with Gasteiger partial charge in [0.2, 0.25) is 0 Å². The molecule has 0 aliphatic heterocycles. The fraction of sp³-hybridized carbons (Fsp3) is 0.0526. The number of para-hydroxylation sites is 1. The largest absolute Gasteiger partial charge is 0.301 e. The molecule has 9 heteroatoms. The molecular formula is C19H13N5O3S. The summed E-state index contributed by atoms with van der Waals surface area (Å²) in [6.07, 6.45) is 1.46. The first-order valence-corrected chi connectivity index (χ1v) is 9.09. The molecule has 1 aromatic carbocycles. The van der Waals surface area contributed by atoms with Crippen LogP contribution in [0.25, 0.3) is 16.7 Å². The molecule has 0 aliphatic carbocycles. The van der Waals surface area contributed by atoms with E-state index in [1.807, 2.05) is 13.0 Å². The molecule has 0 N–H and O–H groups in total. The maximum absolute atomic E-state index is 13.2. The number of pyridine rings is 2. The minimum absolute atomic E-state index is 0.149. The van der Waals surface area contributed by atoms with Gasteiger partial charge in [0.25, 0.3) is 5.56 Å². The van der Waals surface area contributed by atoms with Gasteiger partial charge < -0.3 is 0 Å². The summed E-state index contributed by atoms with van der Waals surface area (Å²) in [6.45, 7) is 1.82. The van der Waals surface area contributed by atoms with Crippen LogP contribution >= 0.6 is 11.8 Å². The molecule has 0 saturated heterocycles. The average Bonchev–Trinajstić information content (AvgIpc) is 2.68. The second-order valence-corrected chi connectivity index (χ2v) is 6.83. The lowest BCUT2D eigenvalue weighted by Crippen LogP contribution is -2.22. The van der Waals surface area contributed by atoms with Gasteiger partial charge in [-0.3, -0.25) is 14.9 Å².